The first-order chi connectivity index (χ1) is 10.0. The predicted molar refractivity (Wildman–Crippen MR) is 75.0 cm³/mol. The third-order valence-electron chi connectivity index (χ3n) is 3.02. The molecule has 1 aromatic carbocycles. The molecule has 2 rings (SSSR count). The minimum atomic E-state index is -0.631. The Bertz CT molecular complexity index is 791. The molecular formula is C15H13FN2O3. The number of nitriles is 1. The van der Waals surface area contributed by atoms with E-state index in [1.54, 1.807) is 13.0 Å². The summed E-state index contributed by atoms with van der Waals surface area (Å²) in [6, 6.07) is 6.18. The molecule has 0 bridgehead atoms. The second kappa shape index (κ2) is 5.67. The highest BCUT2D eigenvalue weighted by atomic mass is 19.1. The first kappa shape index (κ1) is 14.6. The van der Waals surface area contributed by atoms with Gasteiger partial charge in [-0.05, 0) is 30.7 Å². The number of H-pyrrole nitrogens is 1. The number of hydrogen-bond acceptors (Lipinski definition) is 4. The van der Waals surface area contributed by atoms with Crippen molar-refractivity contribution in [3.05, 3.63) is 45.6 Å². The molecular weight excluding hydrogens is 275 g/mol. The third kappa shape index (κ3) is 2.58. The van der Waals surface area contributed by atoms with E-state index in [2.05, 4.69) is 4.98 Å². The van der Waals surface area contributed by atoms with E-state index < -0.39 is 11.4 Å². The van der Waals surface area contributed by atoms with Gasteiger partial charge in [-0.1, -0.05) is 0 Å². The second-order valence-electron chi connectivity index (χ2n) is 4.38. The maximum absolute atomic E-state index is 14.0. The summed E-state index contributed by atoms with van der Waals surface area (Å²) in [6.07, 6.45) is 0. The highest BCUT2D eigenvalue weighted by Gasteiger charge is 2.16. The fourth-order valence-electron chi connectivity index (χ4n) is 2.10. The summed E-state index contributed by atoms with van der Waals surface area (Å²) in [5, 5.41) is 9.13. The highest BCUT2D eigenvalue weighted by Crippen LogP contribution is 2.35. The molecule has 5 nitrogen and oxygen atoms in total. The van der Waals surface area contributed by atoms with Crippen molar-refractivity contribution in [2.24, 2.45) is 0 Å². The maximum Gasteiger partial charge on any atom is 0.266 e. The largest absolute Gasteiger partial charge is 0.493 e. The van der Waals surface area contributed by atoms with Crippen LogP contribution in [0.25, 0.3) is 11.1 Å². The molecule has 1 N–H and O–H groups in total. The van der Waals surface area contributed by atoms with E-state index in [-0.39, 0.29) is 17.1 Å². The van der Waals surface area contributed by atoms with Crippen molar-refractivity contribution in [3.8, 4) is 28.7 Å². The van der Waals surface area contributed by atoms with E-state index in [4.69, 9.17) is 14.7 Å². The van der Waals surface area contributed by atoms with Crippen LogP contribution in [0.2, 0.25) is 0 Å². The van der Waals surface area contributed by atoms with Crippen LogP contribution in [0.15, 0.2) is 23.0 Å². The van der Waals surface area contributed by atoms with Gasteiger partial charge in [0, 0.05) is 11.3 Å². The molecule has 0 unspecified atom stereocenters. The first-order valence-electron chi connectivity index (χ1n) is 6.07. The third-order valence-corrected chi connectivity index (χ3v) is 3.02. The molecule has 0 fully saturated rings. The Hall–Kier alpha value is -2.81. The SMILES string of the molecule is COc1cc(-c2cc(C)[nH]c(=O)c2C#N)cc(F)c1OC. The van der Waals surface area contributed by atoms with E-state index in [9.17, 15) is 9.18 Å². The number of ether oxygens (including phenoxy) is 2. The maximum atomic E-state index is 14.0. The van der Waals surface area contributed by atoms with Crippen LogP contribution in [0.4, 0.5) is 4.39 Å². The molecule has 0 spiro atoms. The Morgan fingerprint density at radius 1 is 1.24 bits per heavy atom. The van der Waals surface area contributed by atoms with Gasteiger partial charge in [-0.2, -0.15) is 5.26 Å². The van der Waals surface area contributed by atoms with Gasteiger partial charge >= 0.3 is 0 Å². The summed E-state index contributed by atoms with van der Waals surface area (Å²) in [5.41, 5.74) is 0.702. The number of rotatable bonds is 3. The van der Waals surface area contributed by atoms with Crippen molar-refractivity contribution in [1.29, 1.82) is 5.26 Å². The van der Waals surface area contributed by atoms with E-state index in [1.807, 2.05) is 6.07 Å². The summed E-state index contributed by atoms with van der Waals surface area (Å²) < 4.78 is 24.1. The zero-order valence-electron chi connectivity index (χ0n) is 11.8. The molecule has 6 heteroatoms. The van der Waals surface area contributed by atoms with Crippen LogP contribution in [0.1, 0.15) is 11.3 Å². The number of halogens is 1. The summed E-state index contributed by atoms with van der Waals surface area (Å²) in [6.45, 7) is 1.68. The van der Waals surface area contributed by atoms with E-state index in [1.165, 1.54) is 26.4 Å². The van der Waals surface area contributed by atoms with E-state index in [0.29, 0.717) is 16.8 Å². The topological polar surface area (TPSA) is 75.1 Å². The van der Waals surface area contributed by atoms with Gasteiger partial charge in [-0.3, -0.25) is 4.79 Å². The van der Waals surface area contributed by atoms with Gasteiger partial charge in [0.05, 0.1) is 14.2 Å². The summed E-state index contributed by atoms with van der Waals surface area (Å²) in [4.78, 5) is 14.3. The Labute approximate surface area is 120 Å². The van der Waals surface area contributed by atoms with Gasteiger partial charge in [0.25, 0.3) is 5.56 Å². The standard InChI is InChI=1S/C15H13FN2O3/c1-8-4-10(11(7-17)15(19)18-8)9-5-12(16)14(21-3)13(6-9)20-2/h4-6H,1-3H3,(H,18,19). The molecule has 2 aromatic rings. The molecule has 0 aliphatic heterocycles. The molecule has 1 heterocycles. The quantitative estimate of drug-likeness (QED) is 0.940. The van der Waals surface area contributed by atoms with Crippen molar-refractivity contribution in [3.63, 3.8) is 0 Å². The number of nitrogens with one attached hydrogen (secondary N) is 1. The van der Waals surface area contributed by atoms with Gasteiger partial charge in [0.1, 0.15) is 11.6 Å². The number of nitrogens with zero attached hydrogens (tertiary/aromatic N) is 1. The minimum Gasteiger partial charge on any atom is -0.493 e. The van der Waals surface area contributed by atoms with Crippen molar-refractivity contribution in [2.45, 2.75) is 6.92 Å². The molecule has 1 aromatic heterocycles. The fourth-order valence-corrected chi connectivity index (χ4v) is 2.10. The average molecular weight is 288 g/mol. The molecule has 0 atom stereocenters. The molecule has 0 amide bonds. The zero-order chi connectivity index (χ0) is 15.6. The van der Waals surface area contributed by atoms with Crippen LogP contribution in [-0.4, -0.2) is 19.2 Å². The number of pyridine rings is 1. The summed E-state index contributed by atoms with van der Waals surface area (Å²) >= 11 is 0. The molecule has 0 saturated carbocycles. The van der Waals surface area contributed by atoms with Crippen LogP contribution < -0.4 is 15.0 Å². The predicted octanol–water partition coefficient (Wildman–Crippen LogP) is 2.38. The van der Waals surface area contributed by atoms with Gasteiger partial charge in [0.15, 0.2) is 17.3 Å². The lowest BCUT2D eigenvalue weighted by Gasteiger charge is -2.12. The monoisotopic (exact) mass is 288 g/mol. The van der Waals surface area contributed by atoms with Crippen molar-refractivity contribution >= 4 is 0 Å². The number of aryl methyl sites for hydroxylation is 1. The Balaban J connectivity index is 2.77. The number of aromatic nitrogens is 1. The minimum absolute atomic E-state index is 0.0266. The van der Waals surface area contributed by atoms with Crippen molar-refractivity contribution in [1.82, 2.24) is 4.98 Å². The van der Waals surface area contributed by atoms with Crippen LogP contribution >= 0.6 is 0 Å². The normalized spacial score (nSPS) is 10.0. The lowest BCUT2D eigenvalue weighted by atomic mass is 10.0. The molecule has 21 heavy (non-hydrogen) atoms. The van der Waals surface area contributed by atoms with Crippen LogP contribution in [0.5, 0.6) is 11.5 Å². The van der Waals surface area contributed by atoms with Crippen LogP contribution in [-0.2, 0) is 0 Å². The van der Waals surface area contributed by atoms with Gasteiger partial charge in [0.2, 0.25) is 0 Å². The van der Waals surface area contributed by atoms with Crippen LogP contribution in [0.3, 0.4) is 0 Å². The molecule has 108 valence electrons. The first-order valence-corrected chi connectivity index (χ1v) is 6.07. The number of aromatic amines is 1. The lowest BCUT2D eigenvalue weighted by Crippen LogP contribution is -2.12. The number of hydrogen-bond donors (Lipinski definition) is 1. The van der Waals surface area contributed by atoms with Gasteiger partial charge in [-0.25, -0.2) is 4.39 Å². The summed E-state index contributed by atoms with van der Waals surface area (Å²) in [7, 11) is 2.72. The van der Waals surface area contributed by atoms with Gasteiger partial charge in [-0.15, -0.1) is 0 Å². The molecule has 0 aliphatic carbocycles. The number of methoxy groups -OCH3 is 2. The van der Waals surface area contributed by atoms with Crippen molar-refractivity contribution in [2.75, 3.05) is 14.2 Å². The molecule has 0 aliphatic rings. The lowest BCUT2D eigenvalue weighted by molar-refractivity contribution is 0.338. The molecule has 0 saturated heterocycles. The average Bonchev–Trinajstić information content (AvgIpc) is 2.45. The van der Waals surface area contributed by atoms with Crippen molar-refractivity contribution < 1.29 is 13.9 Å². The molecule has 0 radical (unpaired) electrons. The highest BCUT2D eigenvalue weighted by molar-refractivity contribution is 5.73. The number of benzene rings is 1. The zero-order valence-corrected chi connectivity index (χ0v) is 11.8. The Morgan fingerprint density at radius 3 is 2.52 bits per heavy atom. The Kier molecular flexibility index (Phi) is 3.94. The second-order valence-corrected chi connectivity index (χ2v) is 4.38. The van der Waals surface area contributed by atoms with Crippen LogP contribution in [0, 0.1) is 24.1 Å². The summed E-state index contributed by atoms with van der Waals surface area (Å²) in [5.74, 6) is -0.468. The van der Waals surface area contributed by atoms with Gasteiger partial charge < -0.3 is 14.5 Å². The fraction of sp³-hybridized carbons (Fsp3) is 0.200. The van der Waals surface area contributed by atoms with E-state index in [0.717, 1.165) is 0 Å². The van der Waals surface area contributed by atoms with E-state index >= 15 is 0 Å². The Morgan fingerprint density at radius 2 is 1.95 bits per heavy atom. The smallest absolute Gasteiger partial charge is 0.266 e.